The summed E-state index contributed by atoms with van der Waals surface area (Å²) in [7, 11) is 0. The summed E-state index contributed by atoms with van der Waals surface area (Å²) in [6, 6.07) is 8.12. The van der Waals surface area contributed by atoms with Gasteiger partial charge in [0.1, 0.15) is 0 Å². The van der Waals surface area contributed by atoms with E-state index in [0.29, 0.717) is 18.2 Å². The number of rotatable bonds is 5. The standard InChI is InChI=1S/C17H24N4O/c1-6-20(14(5)12(2)3)17(22)16-11-21(19-18-16)15-9-7-13(4)8-10-15/h7-12,14H,6H2,1-5H3. The molecular weight excluding hydrogens is 276 g/mol. The first kappa shape index (κ1) is 16.2. The van der Waals surface area contributed by atoms with E-state index >= 15 is 0 Å². The molecule has 0 N–H and O–H groups in total. The van der Waals surface area contributed by atoms with Crippen LogP contribution in [0, 0.1) is 12.8 Å². The third-order valence-electron chi connectivity index (χ3n) is 4.07. The molecule has 0 fully saturated rings. The number of carbonyl (C=O) groups excluding carboxylic acids is 1. The summed E-state index contributed by atoms with van der Waals surface area (Å²) >= 11 is 0. The molecule has 0 saturated heterocycles. The highest BCUT2D eigenvalue weighted by Gasteiger charge is 2.24. The van der Waals surface area contributed by atoms with Crippen molar-refractivity contribution in [3.8, 4) is 5.69 Å². The Kier molecular flexibility index (Phi) is 4.96. The van der Waals surface area contributed by atoms with Crippen molar-refractivity contribution in [2.45, 2.75) is 40.7 Å². The van der Waals surface area contributed by atoms with Gasteiger partial charge in [0.2, 0.25) is 0 Å². The van der Waals surface area contributed by atoms with Gasteiger partial charge in [0.05, 0.1) is 11.9 Å². The molecule has 0 aliphatic rings. The van der Waals surface area contributed by atoms with Crippen molar-refractivity contribution in [1.82, 2.24) is 19.9 Å². The van der Waals surface area contributed by atoms with Crippen LogP contribution in [0.5, 0.6) is 0 Å². The van der Waals surface area contributed by atoms with Crippen LogP contribution in [0.1, 0.15) is 43.7 Å². The van der Waals surface area contributed by atoms with Crippen LogP contribution in [-0.4, -0.2) is 38.4 Å². The van der Waals surface area contributed by atoms with Crippen LogP contribution in [-0.2, 0) is 0 Å². The zero-order chi connectivity index (χ0) is 16.3. The van der Waals surface area contributed by atoms with Gasteiger partial charge in [-0.1, -0.05) is 36.8 Å². The summed E-state index contributed by atoms with van der Waals surface area (Å²) in [5.74, 6) is 0.332. The van der Waals surface area contributed by atoms with Gasteiger partial charge in [-0.25, -0.2) is 4.68 Å². The molecule has 0 spiro atoms. The topological polar surface area (TPSA) is 51.0 Å². The van der Waals surface area contributed by atoms with E-state index in [-0.39, 0.29) is 11.9 Å². The normalized spacial score (nSPS) is 12.5. The number of amides is 1. The van der Waals surface area contributed by atoms with Gasteiger partial charge >= 0.3 is 0 Å². The molecule has 0 aliphatic carbocycles. The van der Waals surface area contributed by atoms with Gasteiger partial charge in [0.25, 0.3) is 5.91 Å². The smallest absolute Gasteiger partial charge is 0.276 e. The first-order chi connectivity index (χ1) is 10.4. The number of carbonyl (C=O) groups is 1. The molecule has 5 nitrogen and oxygen atoms in total. The first-order valence-electron chi connectivity index (χ1n) is 7.74. The summed E-state index contributed by atoms with van der Waals surface area (Å²) in [6.07, 6.45) is 1.70. The van der Waals surface area contributed by atoms with E-state index in [2.05, 4.69) is 31.1 Å². The lowest BCUT2D eigenvalue weighted by Crippen LogP contribution is -2.41. The third-order valence-corrected chi connectivity index (χ3v) is 4.07. The van der Waals surface area contributed by atoms with E-state index in [9.17, 15) is 4.79 Å². The number of nitrogens with zero attached hydrogens (tertiary/aromatic N) is 4. The maximum atomic E-state index is 12.6. The Labute approximate surface area is 131 Å². The monoisotopic (exact) mass is 300 g/mol. The van der Waals surface area contributed by atoms with E-state index < -0.39 is 0 Å². The molecule has 2 rings (SSSR count). The van der Waals surface area contributed by atoms with Crippen LogP contribution < -0.4 is 0 Å². The van der Waals surface area contributed by atoms with Gasteiger partial charge in [-0.15, -0.1) is 5.10 Å². The molecule has 1 atom stereocenters. The highest BCUT2D eigenvalue weighted by atomic mass is 16.2. The minimum absolute atomic E-state index is 0.0675. The average Bonchev–Trinajstić information content (AvgIpc) is 2.98. The van der Waals surface area contributed by atoms with Gasteiger partial charge in [0.15, 0.2) is 5.69 Å². The molecule has 118 valence electrons. The summed E-state index contributed by atoms with van der Waals surface area (Å²) < 4.78 is 1.64. The fraction of sp³-hybridized carbons (Fsp3) is 0.471. The number of hydrogen-bond donors (Lipinski definition) is 0. The molecule has 1 aromatic heterocycles. The van der Waals surface area contributed by atoms with Crippen molar-refractivity contribution >= 4 is 5.91 Å². The molecule has 1 aromatic carbocycles. The molecule has 5 heteroatoms. The van der Waals surface area contributed by atoms with Crippen molar-refractivity contribution in [2.75, 3.05) is 6.54 Å². The maximum absolute atomic E-state index is 12.6. The highest BCUT2D eigenvalue weighted by molar-refractivity contribution is 5.92. The molecule has 0 radical (unpaired) electrons. The van der Waals surface area contributed by atoms with Gasteiger partial charge in [-0.05, 0) is 38.8 Å². The van der Waals surface area contributed by atoms with Gasteiger partial charge in [0, 0.05) is 12.6 Å². The molecule has 0 aliphatic heterocycles. The predicted octanol–water partition coefficient (Wildman–Crippen LogP) is 3.08. The van der Waals surface area contributed by atoms with E-state index in [1.807, 2.05) is 43.0 Å². The lowest BCUT2D eigenvalue weighted by atomic mass is 10.0. The van der Waals surface area contributed by atoms with Crippen LogP contribution >= 0.6 is 0 Å². The predicted molar refractivity (Wildman–Crippen MR) is 87.1 cm³/mol. The first-order valence-corrected chi connectivity index (χ1v) is 7.74. The van der Waals surface area contributed by atoms with Crippen LogP contribution in [0.15, 0.2) is 30.5 Å². The second-order valence-corrected chi connectivity index (χ2v) is 5.96. The minimum Gasteiger partial charge on any atom is -0.335 e. The molecule has 1 heterocycles. The van der Waals surface area contributed by atoms with Crippen molar-refractivity contribution in [3.63, 3.8) is 0 Å². The van der Waals surface area contributed by atoms with Crippen molar-refractivity contribution in [2.24, 2.45) is 5.92 Å². The minimum atomic E-state index is -0.0675. The number of aromatic nitrogens is 3. The van der Waals surface area contributed by atoms with Crippen molar-refractivity contribution in [3.05, 3.63) is 41.7 Å². The largest absolute Gasteiger partial charge is 0.335 e. The highest BCUT2D eigenvalue weighted by Crippen LogP contribution is 2.14. The van der Waals surface area contributed by atoms with E-state index in [1.54, 1.807) is 10.9 Å². The average molecular weight is 300 g/mol. The number of aryl methyl sites for hydroxylation is 1. The lowest BCUT2D eigenvalue weighted by Gasteiger charge is -2.30. The Morgan fingerprint density at radius 1 is 1.23 bits per heavy atom. The summed E-state index contributed by atoms with van der Waals surface area (Å²) in [5.41, 5.74) is 2.47. The molecule has 1 amide bonds. The zero-order valence-corrected chi connectivity index (χ0v) is 13.9. The SMILES string of the molecule is CCN(C(=O)c1cn(-c2ccc(C)cc2)nn1)C(C)C(C)C. The van der Waals surface area contributed by atoms with Crippen LogP contribution in [0.3, 0.4) is 0 Å². The molecule has 0 saturated carbocycles. The van der Waals surface area contributed by atoms with Gasteiger partial charge < -0.3 is 4.90 Å². The van der Waals surface area contributed by atoms with Crippen LogP contribution in [0.2, 0.25) is 0 Å². The molecular formula is C17H24N4O. The Balaban J connectivity index is 2.23. The Bertz CT molecular complexity index is 630. The molecule has 1 unspecified atom stereocenters. The number of hydrogen-bond acceptors (Lipinski definition) is 3. The Morgan fingerprint density at radius 2 is 1.86 bits per heavy atom. The second kappa shape index (κ2) is 6.73. The maximum Gasteiger partial charge on any atom is 0.276 e. The van der Waals surface area contributed by atoms with Crippen LogP contribution in [0.4, 0.5) is 0 Å². The Morgan fingerprint density at radius 3 is 2.41 bits per heavy atom. The van der Waals surface area contributed by atoms with Gasteiger partial charge in [-0.3, -0.25) is 4.79 Å². The van der Waals surface area contributed by atoms with Crippen LogP contribution in [0.25, 0.3) is 5.69 Å². The summed E-state index contributed by atoms with van der Waals surface area (Å²) in [4.78, 5) is 14.5. The van der Waals surface area contributed by atoms with Crippen molar-refractivity contribution in [1.29, 1.82) is 0 Å². The fourth-order valence-corrected chi connectivity index (χ4v) is 2.31. The van der Waals surface area contributed by atoms with Gasteiger partial charge in [-0.2, -0.15) is 0 Å². The zero-order valence-electron chi connectivity index (χ0n) is 13.9. The molecule has 0 bridgehead atoms. The molecule has 2 aromatic rings. The number of benzene rings is 1. The third kappa shape index (κ3) is 3.35. The van der Waals surface area contributed by atoms with Crippen molar-refractivity contribution < 1.29 is 4.79 Å². The lowest BCUT2D eigenvalue weighted by molar-refractivity contribution is 0.0654. The fourth-order valence-electron chi connectivity index (χ4n) is 2.31. The summed E-state index contributed by atoms with van der Waals surface area (Å²) in [6.45, 7) is 11.0. The van der Waals surface area contributed by atoms with E-state index in [1.165, 1.54) is 5.56 Å². The van der Waals surface area contributed by atoms with E-state index in [4.69, 9.17) is 0 Å². The quantitative estimate of drug-likeness (QED) is 0.852. The Hall–Kier alpha value is -2.17. The van der Waals surface area contributed by atoms with E-state index in [0.717, 1.165) is 5.69 Å². The summed E-state index contributed by atoms with van der Waals surface area (Å²) in [5, 5.41) is 8.12. The second-order valence-electron chi connectivity index (χ2n) is 5.96. The molecule has 22 heavy (non-hydrogen) atoms.